The first-order valence-electron chi connectivity index (χ1n) is 5.14. The normalized spacial score (nSPS) is 39.1. The molecule has 0 radical (unpaired) electrons. The summed E-state index contributed by atoms with van der Waals surface area (Å²) in [5, 5.41) is 6.30. The molecule has 0 saturated carbocycles. The van der Waals surface area contributed by atoms with Crippen LogP contribution < -0.4 is 10.6 Å². The van der Waals surface area contributed by atoms with Crippen molar-refractivity contribution in [2.75, 3.05) is 18.8 Å². The Morgan fingerprint density at radius 1 is 1.43 bits per heavy atom. The van der Waals surface area contributed by atoms with E-state index in [-0.39, 0.29) is 17.2 Å². The molecular formula is C9H16N2O2S. The van der Waals surface area contributed by atoms with E-state index in [4.69, 9.17) is 0 Å². The van der Waals surface area contributed by atoms with E-state index in [1.807, 2.05) is 0 Å². The van der Waals surface area contributed by atoms with Crippen LogP contribution in [-0.4, -0.2) is 40.3 Å². The maximum Gasteiger partial charge on any atom is 0.220 e. The number of carbonyl (C=O) groups is 1. The van der Waals surface area contributed by atoms with Gasteiger partial charge in [-0.2, -0.15) is 0 Å². The van der Waals surface area contributed by atoms with Gasteiger partial charge in [0.15, 0.2) is 0 Å². The second-order valence-corrected chi connectivity index (χ2v) is 5.67. The van der Waals surface area contributed by atoms with Crippen LogP contribution in [0, 0.1) is 0 Å². The number of amides is 1. The highest BCUT2D eigenvalue weighted by Gasteiger charge is 2.31. The van der Waals surface area contributed by atoms with E-state index in [0.29, 0.717) is 6.42 Å². The van der Waals surface area contributed by atoms with Crippen LogP contribution in [0.3, 0.4) is 0 Å². The molecule has 14 heavy (non-hydrogen) atoms. The smallest absolute Gasteiger partial charge is 0.220 e. The summed E-state index contributed by atoms with van der Waals surface area (Å²) in [5.74, 6) is 0.834. The molecule has 2 heterocycles. The van der Waals surface area contributed by atoms with Crippen LogP contribution in [-0.2, 0) is 15.6 Å². The molecule has 0 aromatic rings. The zero-order valence-electron chi connectivity index (χ0n) is 8.12. The Hall–Kier alpha value is -0.420. The average molecular weight is 216 g/mol. The Bertz CT molecular complexity index is 257. The topological polar surface area (TPSA) is 58.2 Å². The van der Waals surface area contributed by atoms with E-state index in [1.54, 1.807) is 0 Å². The Morgan fingerprint density at radius 3 is 3.00 bits per heavy atom. The second kappa shape index (κ2) is 4.40. The van der Waals surface area contributed by atoms with E-state index >= 15 is 0 Å². The van der Waals surface area contributed by atoms with Gasteiger partial charge in [0, 0.05) is 42.1 Å². The maximum absolute atomic E-state index is 11.7. The maximum atomic E-state index is 11.7. The Kier molecular flexibility index (Phi) is 3.18. The molecule has 2 aliphatic rings. The molecule has 80 valence electrons. The molecule has 0 aromatic heterocycles. The standard InChI is InChI=1S/C9H16N2O2S/c12-9-3-1-2-7(11-9)8-6-10-4-5-14(8)13/h7-8,10H,1-6H2,(H,11,12). The third kappa shape index (κ3) is 2.15. The highest BCUT2D eigenvalue weighted by Crippen LogP contribution is 2.16. The molecule has 1 amide bonds. The number of hydrogen-bond acceptors (Lipinski definition) is 3. The molecule has 2 saturated heterocycles. The van der Waals surface area contributed by atoms with Gasteiger partial charge in [0.05, 0.1) is 5.25 Å². The lowest BCUT2D eigenvalue weighted by Gasteiger charge is -2.33. The highest BCUT2D eigenvalue weighted by atomic mass is 32.2. The lowest BCUT2D eigenvalue weighted by Crippen LogP contribution is -2.54. The number of carbonyl (C=O) groups excluding carboxylic acids is 1. The van der Waals surface area contributed by atoms with Crippen molar-refractivity contribution in [1.82, 2.24) is 10.6 Å². The van der Waals surface area contributed by atoms with Crippen LogP contribution in [0.25, 0.3) is 0 Å². The molecule has 0 spiro atoms. The van der Waals surface area contributed by atoms with Crippen LogP contribution in [0.2, 0.25) is 0 Å². The van der Waals surface area contributed by atoms with Gasteiger partial charge >= 0.3 is 0 Å². The van der Waals surface area contributed by atoms with Crippen LogP contribution in [0.15, 0.2) is 0 Å². The predicted octanol–water partition coefficient (Wildman–Crippen LogP) is -0.624. The first kappa shape index (κ1) is 10.1. The van der Waals surface area contributed by atoms with Crippen LogP contribution in [0.1, 0.15) is 19.3 Å². The summed E-state index contributed by atoms with van der Waals surface area (Å²) in [6.45, 7) is 1.61. The molecule has 2 aliphatic heterocycles. The Morgan fingerprint density at radius 2 is 2.29 bits per heavy atom. The fourth-order valence-corrected chi connectivity index (χ4v) is 3.62. The van der Waals surface area contributed by atoms with Crippen molar-refractivity contribution < 1.29 is 9.00 Å². The molecule has 0 aliphatic carbocycles. The van der Waals surface area contributed by atoms with E-state index in [9.17, 15) is 9.00 Å². The van der Waals surface area contributed by atoms with Gasteiger partial charge in [-0.1, -0.05) is 0 Å². The molecule has 2 fully saturated rings. The summed E-state index contributed by atoms with van der Waals surface area (Å²) < 4.78 is 11.7. The van der Waals surface area contributed by atoms with E-state index in [1.165, 1.54) is 0 Å². The summed E-state index contributed by atoms with van der Waals surface area (Å²) in [6.07, 6.45) is 2.54. The van der Waals surface area contributed by atoms with Gasteiger partial charge in [-0.3, -0.25) is 9.00 Å². The first-order valence-corrected chi connectivity index (χ1v) is 6.53. The highest BCUT2D eigenvalue weighted by molar-refractivity contribution is 7.85. The summed E-state index contributed by atoms with van der Waals surface area (Å²) in [5.41, 5.74) is 0. The lowest BCUT2D eigenvalue weighted by molar-refractivity contribution is -0.123. The van der Waals surface area contributed by atoms with Gasteiger partial charge < -0.3 is 10.6 Å². The van der Waals surface area contributed by atoms with E-state index in [2.05, 4.69) is 10.6 Å². The fourth-order valence-electron chi connectivity index (χ4n) is 2.10. The van der Waals surface area contributed by atoms with E-state index < -0.39 is 10.8 Å². The van der Waals surface area contributed by atoms with Gasteiger partial charge in [-0.15, -0.1) is 0 Å². The predicted molar refractivity (Wildman–Crippen MR) is 55.4 cm³/mol. The Labute approximate surface area is 86.3 Å². The molecule has 5 heteroatoms. The van der Waals surface area contributed by atoms with Crippen LogP contribution in [0.5, 0.6) is 0 Å². The zero-order chi connectivity index (χ0) is 9.97. The molecule has 2 rings (SSSR count). The van der Waals surface area contributed by atoms with Crippen molar-refractivity contribution in [2.45, 2.75) is 30.6 Å². The summed E-state index contributed by atoms with van der Waals surface area (Å²) in [7, 11) is -0.768. The third-order valence-corrected chi connectivity index (χ3v) is 4.65. The van der Waals surface area contributed by atoms with Crippen molar-refractivity contribution in [1.29, 1.82) is 0 Å². The third-order valence-electron chi connectivity index (χ3n) is 2.88. The first-order chi connectivity index (χ1) is 6.77. The quantitative estimate of drug-likeness (QED) is 0.614. The number of nitrogens with one attached hydrogen (secondary N) is 2. The Balaban J connectivity index is 1.98. The minimum atomic E-state index is -0.768. The average Bonchev–Trinajstić information content (AvgIpc) is 2.18. The van der Waals surface area contributed by atoms with Gasteiger partial charge in [-0.05, 0) is 12.8 Å². The van der Waals surface area contributed by atoms with Gasteiger partial charge in [0.1, 0.15) is 0 Å². The van der Waals surface area contributed by atoms with Crippen LogP contribution in [0.4, 0.5) is 0 Å². The molecule has 2 N–H and O–H groups in total. The van der Waals surface area contributed by atoms with Crippen molar-refractivity contribution in [3.8, 4) is 0 Å². The molecular weight excluding hydrogens is 200 g/mol. The molecule has 3 atom stereocenters. The van der Waals surface area contributed by atoms with Crippen molar-refractivity contribution in [3.63, 3.8) is 0 Å². The van der Waals surface area contributed by atoms with E-state index in [0.717, 1.165) is 31.7 Å². The van der Waals surface area contributed by atoms with Gasteiger partial charge in [0.2, 0.25) is 5.91 Å². The number of rotatable bonds is 1. The number of piperidine rings is 1. The number of hydrogen-bond donors (Lipinski definition) is 2. The zero-order valence-corrected chi connectivity index (χ0v) is 8.94. The molecule has 0 bridgehead atoms. The lowest BCUT2D eigenvalue weighted by atomic mass is 10.0. The summed E-state index contributed by atoms with van der Waals surface area (Å²) in [6, 6.07) is 0.130. The minimum absolute atomic E-state index is 0.115. The van der Waals surface area contributed by atoms with Gasteiger partial charge in [-0.25, -0.2) is 0 Å². The van der Waals surface area contributed by atoms with Crippen LogP contribution >= 0.6 is 0 Å². The molecule has 3 unspecified atom stereocenters. The van der Waals surface area contributed by atoms with Crippen molar-refractivity contribution in [3.05, 3.63) is 0 Å². The van der Waals surface area contributed by atoms with Gasteiger partial charge in [0.25, 0.3) is 0 Å². The molecule has 0 aromatic carbocycles. The van der Waals surface area contributed by atoms with Crippen molar-refractivity contribution >= 4 is 16.7 Å². The second-order valence-electron chi connectivity index (χ2n) is 3.89. The summed E-state index contributed by atoms with van der Waals surface area (Å²) in [4.78, 5) is 11.2. The summed E-state index contributed by atoms with van der Waals surface area (Å²) >= 11 is 0. The SMILES string of the molecule is O=C1CCCC(C2CNCCS2=O)N1. The molecule has 4 nitrogen and oxygen atoms in total. The fraction of sp³-hybridized carbons (Fsp3) is 0.889. The largest absolute Gasteiger partial charge is 0.352 e. The van der Waals surface area contributed by atoms with Crippen molar-refractivity contribution in [2.24, 2.45) is 0 Å². The monoisotopic (exact) mass is 216 g/mol. The minimum Gasteiger partial charge on any atom is -0.352 e.